The standard InChI is InChI=1S/C12H18N4O3/c1-12(2,3)7-15-11(17)9-5-8(16(18)19)6-14-10(9)13-4/h5-6H,7H2,1-4H3,(H,13,14)(H,15,17). The molecular formula is C12H18N4O3. The van der Waals surface area contributed by atoms with Crippen LogP contribution in [0.1, 0.15) is 31.1 Å². The number of aromatic nitrogens is 1. The van der Waals surface area contributed by atoms with Gasteiger partial charge < -0.3 is 10.6 Å². The molecule has 1 heterocycles. The molecule has 1 amide bonds. The predicted molar refractivity (Wildman–Crippen MR) is 72.2 cm³/mol. The Hall–Kier alpha value is -2.18. The molecular weight excluding hydrogens is 248 g/mol. The van der Waals surface area contributed by atoms with Crippen molar-refractivity contribution in [1.29, 1.82) is 0 Å². The van der Waals surface area contributed by atoms with Gasteiger partial charge in [0.05, 0.1) is 10.5 Å². The second-order valence-electron chi connectivity index (χ2n) is 5.34. The lowest BCUT2D eigenvalue weighted by atomic mass is 9.97. The predicted octanol–water partition coefficient (Wildman–Crippen LogP) is 1.81. The third-order valence-electron chi connectivity index (χ3n) is 2.34. The first-order chi connectivity index (χ1) is 8.74. The van der Waals surface area contributed by atoms with E-state index in [1.165, 1.54) is 6.07 Å². The topological polar surface area (TPSA) is 97.2 Å². The van der Waals surface area contributed by atoms with Gasteiger partial charge in [-0.15, -0.1) is 0 Å². The molecule has 0 aliphatic heterocycles. The number of carbonyl (C=O) groups excluding carboxylic acids is 1. The summed E-state index contributed by atoms with van der Waals surface area (Å²) in [6.45, 7) is 6.42. The highest BCUT2D eigenvalue weighted by Gasteiger charge is 2.19. The Morgan fingerprint density at radius 2 is 2.11 bits per heavy atom. The minimum atomic E-state index is -0.576. The van der Waals surface area contributed by atoms with Crippen molar-refractivity contribution in [1.82, 2.24) is 10.3 Å². The maximum absolute atomic E-state index is 12.0. The molecule has 2 N–H and O–H groups in total. The Morgan fingerprint density at radius 3 is 2.58 bits per heavy atom. The Bertz CT molecular complexity index is 494. The normalized spacial score (nSPS) is 10.9. The molecule has 0 unspecified atom stereocenters. The molecule has 7 nitrogen and oxygen atoms in total. The summed E-state index contributed by atoms with van der Waals surface area (Å²) >= 11 is 0. The fourth-order valence-corrected chi connectivity index (χ4v) is 1.37. The third-order valence-corrected chi connectivity index (χ3v) is 2.34. The van der Waals surface area contributed by atoms with Gasteiger partial charge in [0, 0.05) is 19.7 Å². The van der Waals surface area contributed by atoms with Gasteiger partial charge in [-0.2, -0.15) is 0 Å². The SMILES string of the molecule is CNc1ncc([N+](=O)[O-])cc1C(=O)NCC(C)(C)C. The first-order valence-corrected chi connectivity index (χ1v) is 5.85. The van der Waals surface area contributed by atoms with E-state index in [2.05, 4.69) is 15.6 Å². The lowest BCUT2D eigenvalue weighted by molar-refractivity contribution is -0.385. The van der Waals surface area contributed by atoms with E-state index in [-0.39, 0.29) is 22.6 Å². The van der Waals surface area contributed by atoms with Gasteiger partial charge in [-0.3, -0.25) is 14.9 Å². The lowest BCUT2D eigenvalue weighted by Gasteiger charge is -2.19. The molecule has 1 aromatic heterocycles. The number of hydrogen-bond acceptors (Lipinski definition) is 5. The van der Waals surface area contributed by atoms with E-state index in [0.29, 0.717) is 12.4 Å². The van der Waals surface area contributed by atoms with E-state index in [1.807, 2.05) is 20.8 Å². The first kappa shape index (κ1) is 14.9. The minimum absolute atomic E-state index is 0.0659. The van der Waals surface area contributed by atoms with E-state index in [9.17, 15) is 14.9 Å². The number of pyridine rings is 1. The molecule has 0 fully saturated rings. The van der Waals surface area contributed by atoms with Gasteiger partial charge in [0.2, 0.25) is 0 Å². The molecule has 0 aromatic carbocycles. The Kier molecular flexibility index (Phi) is 4.42. The molecule has 1 rings (SSSR count). The highest BCUT2D eigenvalue weighted by atomic mass is 16.6. The summed E-state index contributed by atoms with van der Waals surface area (Å²) in [5, 5.41) is 16.2. The summed E-state index contributed by atoms with van der Waals surface area (Å²) in [6, 6.07) is 1.22. The highest BCUT2D eigenvalue weighted by Crippen LogP contribution is 2.19. The number of nitrogens with zero attached hydrogens (tertiary/aromatic N) is 2. The third kappa shape index (κ3) is 4.20. The van der Waals surface area contributed by atoms with Crippen molar-refractivity contribution in [2.45, 2.75) is 20.8 Å². The molecule has 104 valence electrons. The number of anilines is 1. The van der Waals surface area contributed by atoms with Crippen molar-refractivity contribution >= 4 is 17.4 Å². The van der Waals surface area contributed by atoms with Crippen LogP contribution in [0, 0.1) is 15.5 Å². The van der Waals surface area contributed by atoms with Crippen molar-refractivity contribution in [3.8, 4) is 0 Å². The van der Waals surface area contributed by atoms with Gasteiger partial charge in [-0.25, -0.2) is 4.98 Å². The number of nitrogens with one attached hydrogen (secondary N) is 2. The molecule has 0 saturated carbocycles. The van der Waals surface area contributed by atoms with Crippen molar-refractivity contribution < 1.29 is 9.72 Å². The average Bonchev–Trinajstić information content (AvgIpc) is 2.34. The average molecular weight is 266 g/mol. The van der Waals surface area contributed by atoms with Crippen LogP contribution in [0.3, 0.4) is 0 Å². The fourth-order valence-electron chi connectivity index (χ4n) is 1.37. The number of carbonyl (C=O) groups is 1. The Morgan fingerprint density at radius 1 is 1.47 bits per heavy atom. The van der Waals surface area contributed by atoms with Crippen LogP contribution in [0.5, 0.6) is 0 Å². The Labute approximate surface area is 111 Å². The van der Waals surface area contributed by atoms with Crippen LogP contribution in [-0.2, 0) is 0 Å². The quantitative estimate of drug-likeness (QED) is 0.639. The van der Waals surface area contributed by atoms with Gasteiger partial charge in [0.25, 0.3) is 11.6 Å². The van der Waals surface area contributed by atoms with Crippen LogP contribution in [0.15, 0.2) is 12.3 Å². The molecule has 1 aromatic rings. The monoisotopic (exact) mass is 266 g/mol. The smallest absolute Gasteiger partial charge is 0.288 e. The lowest BCUT2D eigenvalue weighted by Crippen LogP contribution is -2.32. The zero-order valence-corrected chi connectivity index (χ0v) is 11.5. The van der Waals surface area contributed by atoms with E-state index < -0.39 is 4.92 Å². The zero-order valence-electron chi connectivity index (χ0n) is 11.5. The number of nitro groups is 1. The number of rotatable bonds is 4. The number of hydrogen-bond donors (Lipinski definition) is 2. The van der Waals surface area contributed by atoms with Crippen molar-refractivity contribution in [3.63, 3.8) is 0 Å². The molecule has 19 heavy (non-hydrogen) atoms. The molecule has 0 spiro atoms. The molecule has 0 saturated heterocycles. The van der Waals surface area contributed by atoms with Gasteiger partial charge >= 0.3 is 0 Å². The summed E-state index contributed by atoms with van der Waals surface area (Å²) in [7, 11) is 1.61. The van der Waals surface area contributed by atoms with Crippen LogP contribution in [-0.4, -0.2) is 29.4 Å². The summed E-state index contributed by atoms with van der Waals surface area (Å²) in [6.07, 6.45) is 1.12. The van der Waals surface area contributed by atoms with Gasteiger partial charge in [-0.1, -0.05) is 20.8 Å². The van der Waals surface area contributed by atoms with Crippen LogP contribution < -0.4 is 10.6 Å². The molecule has 0 radical (unpaired) electrons. The van der Waals surface area contributed by atoms with E-state index in [0.717, 1.165) is 6.20 Å². The second kappa shape index (κ2) is 5.64. The summed E-state index contributed by atoms with van der Waals surface area (Å²) in [4.78, 5) is 26.0. The second-order valence-corrected chi connectivity index (χ2v) is 5.34. The molecule has 0 aliphatic rings. The molecule has 7 heteroatoms. The summed E-state index contributed by atoms with van der Waals surface area (Å²) < 4.78 is 0. The van der Waals surface area contributed by atoms with Gasteiger partial charge in [0.1, 0.15) is 12.0 Å². The van der Waals surface area contributed by atoms with Crippen molar-refractivity contribution in [3.05, 3.63) is 27.9 Å². The van der Waals surface area contributed by atoms with Crippen LogP contribution in [0.2, 0.25) is 0 Å². The van der Waals surface area contributed by atoms with Crippen molar-refractivity contribution in [2.24, 2.45) is 5.41 Å². The Balaban J connectivity index is 2.99. The van der Waals surface area contributed by atoms with Crippen LogP contribution >= 0.6 is 0 Å². The van der Waals surface area contributed by atoms with Crippen LogP contribution in [0.25, 0.3) is 0 Å². The maximum Gasteiger partial charge on any atom is 0.288 e. The zero-order chi connectivity index (χ0) is 14.6. The van der Waals surface area contributed by atoms with E-state index >= 15 is 0 Å². The first-order valence-electron chi connectivity index (χ1n) is 5.85. The highest BCUT2D eigenvalue weighted by molar-refractivity contribution is 5.99. The number of amides is 1. The van der Waals surface area contributed by atoms with E-state index in [1.54, 1.807) is 7.05 Å². The van der Waals surface area contributed by atoms with Crippen molar-refractivity contribution in [2.75, 3.05) is 18.9 Å². The maximum atomic E-state index is 12.0. The van der Waals surface area contributed by atoms with Gasteiger partial charge in [0.15, 0.2) is 0 Å². The molecule has 0 atom stereocenters. The molecule has 0 aliphatic carbocycles. The minimum Gasteiger partial charge on any atom is -0.372 e. The summed E-state index contributed by atoms with van der Waals surface area (Å²) in [5.74, 6) is -0.0625. The fraction of sp³-hybridized carbons (Fsp3) is 0.500. The summed E-state index contributed by atoms with van der Waals surface area (Å²) in [5.41, 5.74) is -0.107. The molecule has 0 bridgehead atoms. The van der Waals surface area contributed by atoms with Crippen LogP contribution in [0.4, 0.5) is 11.5 Å². The largest absolute Gasteiger partial charge is 0.372 e. The van der Waals surface area contributed by atoms with E-state index in [4.69, 9.17) is 0 Å². The van der Waals surface area contributed by atoms with Gasteiger partial charge in [-0.05, 0) is 5.41 Å².